The Morgan fingerprint density at radius 2 is 2.05 bits per heavy atom. The van der Waals surface area contributed by atoms with Gasteiger partial charge in [-0.2, -0.15) is 5.10 Å². The van der Waals surface area contributed by atoms with Crippen LogP contribution in [0.3, 0.4) is 0 Å². The van der Waals surface area contributed by atoms with Crippen LogP contribution in [0.15, 0.2) is 24.3 Å². The van der Waals surface area contributed by atoms with Gasteiger partial charge in [0.1, 0.15) is 5.15 Å². The van der Waals surface area contributed by atoms with Crippen LogP contribution in [-0.4, -0.2) is 41.3 Å². The number of ether oxygens (including phenoxy) is 1. The van der Waals surface area contributed by atoms with E-state index in [1.807, 2.05) is 25.1 Å². The maximum Gasteiger partial charge on any atom is 0.137 e. The minimum Gasteiger partial charge on any atom is -0.394 e. The van der Waals surface area contributed by atoms with Gasteiger partial charge in [0.05, 0.1) is 36.2 Å². The van der Waals surface area contributed by atoms with E-state index in [-0.39, 0.29) is 6.61 Å². The molecule has 0 saturated heterocycles. The van der Waals surface area contributed by atoms with Crippen LogP contribution in [0.5, 0.6) is 0 Å². The third-order valence-corrected chi connectivity index (χ3v) is 3.87. The summed E-state index contributed by atoms with van der Waals surface area (Å²) in [6, 6.07) is 7.44. The molecule has 0 amide bonds. The van der Waals surface area contributed by atoms with Crippen molar-refractivity contribution >= 4 is 23.2 Å². The molecule has 120 valence electrons. The standard InChI is InChI=1S/C15H19Cl2N3O2/c1-11-12(10-18-6-8-22-9-7-21)15(17)20(19-11)14-5-3-2-4-13(14)16/h2-5,18,21H,6-10H2,1H3. The summed E-state index contributed by atoms with van der Waals surface area (Å²) >= 11 is 12.6. The highest BCUT2D eigenvalue weighted by molar-refractivity contribution is 6.33. The summed E-state index contributed by atoms with van der Waals surface area (Å²) in [7, 11) is 0. The Labute approximate surface area is 139 Å². The maximum absolute atomic E-state index is 8.62. The summed E-state index contributed by atoms with van der Waals surface area (Å²) in [6.45, 7) is 4.11. The average molecular weight is 344 g/mol. The van der Waals surface area contributed by atoms with Crippen LogP contribution < -0.4 is 5.32 Å². The fraction of sp³-hybridized carbons (Fsp3) is 0.400. The third kappa shape index (κ3) is 4.21. The molecule has 0 radical (unpaired) electrons. The van der Waals surface area contributed by atoms with Gasteiger partial charge < -0.3 is 15.2 Å². The number of aliphatic hydroxyl groups excluding tert-OH is 1. The monoisotopic (exact) mass is 343 g/mol. The molecule has 7 heteroatoms. The number of aromatic nitrogens is 2. The molecule has 2 rings (SSSR count). The molecule has 0 aliphatic rings. The van der Waals surface area contributed by atoms with E-state index in [9.17, 15) is 0 Å². The molecular formula is C15H19Cl2N3O2. The van der Waals surface area contributed by atoms with Gasteiger partial charge in [-0.15, -0.1) is 0 Å². The number of halogens is 2. The van der Waals surface area contributed by atoms with Gasteiger partial charge in [0.15, 0.2) is 0 Å². The first-order valence-electron chi connectivity index (χ1n) is 7.03. The molecule has 0 spiro atoms. The number of nitrogens with one attached hydrogen (secondary N) is 1. The molecule has 0 bridgehead atoms. The minimum absolute atomic E-state index is 0.0372. The van der Waals surface area contributed by atoms with Crippen LogP contribution in [0.25, 0.3) is 5.69 Å². The summed E-state index contributed by atoms with van der Waals surface area (Å²) in [4.78, 5) is 0. The molecule has 0 unspecified atom stereocenters. The van der Waals surface area contributed by atoms with Crippen molar-refractivity contribution < 1.29 is 9.84 Å². The largest absolute Gasteiger partial charge is 0.394 e. The summed E-state index contributed by atoms with van der Waals surface area (Å²) in [5.41, 5.74) is 2.55. The fourth-order valence-electron chi connectivity index (χ4n) is 2.04. The smallest absolute Gasteiger partial charge is 0.137 e. The first-order chi connectivity index (χ1) is 10.6. The highest BCUT2D eigenvalue weighted by Crippen LogP contribution is 2.27. The molecule has 0 aliphatic heterocycles. The number of para-hydroxylation sites is 1. The molecule has 22 heavy (non-hydrogen) atoms. The fourth-order valence-corrected chi connectivity index (χ4v) is 2.59. The van der Waals surface area contributed by atoms with Crippen molar-refractivity contribution in [2.24, 2.45) is 0 Å². The number of hydrogen-bond donors (Lipinski definition) is 2. The molecule has 0 aliphatic carbocycles. The third-order valence-electron chi connectivity index (χ3n) is 3.16. The van der Waals surface area contributed by atoms with Crippen molar-refractivity contribution in [2.45, 2.75) is 13.5 Å². The van der Waals surface area contributed by atoms with E-state index in [0.717, 1.165) is 16.9 Å². The van der Waals surface area contributed by atoms with Gasteiger partial charge >= 0.3 is 0 Å². The number of rotatable bonds is 8. The van der Waals surface area contributed by atoms with E-state index >= 15 is 0 Å². The Kier molecular flexibility index (Phi) is 6.67. The van der Waals surface area contributed by atoms with E-state index in [4.69, 9.17) is 33.0 Å². The molecule has 2 N–H and O–H groups in total. The molecule has 0 fully saturated rings. The van der Waals surface area contributed by atoms with Crippen LogP contribution in [0, 0.1) is 6.92 Å². The Morgan fingerprint density at radius 1 is 1.27 bits per heavy atom. The lowest BCUT2D eigenvalue weighted by molar-refractivity contribution is 0.0938. The van der Waals surface area contributed by atoms with Crippen LogP contribution in [0.4, 0.5) is 0 Å². The zero-order valence-corrected chi connectivity index (χ0v) is 13.9. The molecular weight excluding hydrogens is 325 g/mol. The Hall–Kier alpha value is -1.11. The van der Waals surface area contributed by atoms with Gasteiger partial charge in [-0.25, -0.2) is 4.68 Å². The van der Waals surface area contributed by atoms with Crippen molar-refractivity contribution in [3.63, 3.8) is 0 Å². The summed E-state index contributed by atoms with van der Waals surface area (Å²) in [6.07, 6.45) is 0. The zero-order chi connectivity index (χ0) is 15.9. The second kappa shape index (κ2) is 8.50. The van der Waals surface area contributed by atoms with Crippen LogP contribution in [0.1, 0.15) is 11.3 Å². The van der Waals surface area contributed by atoms with Gasteiger partial charge in [0, 0.05) is 18.7 Å². The summed E-state index contributed by atoms with van der Waals surface area (Å²) < 4.78 is 6.84. The lowest BCUT2D eigenvalue weighted by Crippen LogP contribution is -2.20. The van der Waals surface area contributed by atoms with E-state index < -0.39 is 0 Å². The first kappa shape index (κ1) is 17.2. The van der Waals surface area contributed by atoms with Crippen molar-refractivity contribution in [1.29, 1.82) is 0 Å². The van der Waals surface area contributed by atoms with Crippen molar-refractivity contribution in [1.82, 2.24) is 15.1 Å². The summed E-state index contributed by atoms with van der Waals surface area (Å²) in [5.74, 6) is 0. The lowest BCUT2D eigenvalue weighted by atomic mass is 10.2. The normalized spacial score (nSPS) is 11.1. The molecule has 1 heterocycles. The van der Waals surface area contributed by atoms with Gasteiger partial charge in [0.2, 0.25) is 0 Å². The summed E-state index contributed by atoms with van der Waals surface area (Å²) in [5, 5.41) is 17.5. The second-order valence-electron chi connectivity index (χ2n) is 4.73. The highest BCUT2D eigenvalue weighted by atomic mass is 35.5. The van der Waals surface area contributed by atoms with Crippen molar-refractivity contribution in [3.05, 3.63) is 45.7 Å². The first-order valence-corrected chi connectivity index (χ1v) is 7.79. The number of hydrogen-bond acceptors (Lipinski definition) is 4. The Balaban J connectivity index is 2.03. The average Bonchev–Trinajstić information content (AvgIpc) is 2.79. The topological polar surface area (TPSA) is 59.3 Å². The molecule has 1 aromatic carbocycles. The molecule has 0 atom stereocenters. The minimum atomic E-state index is 0.0372. The van der Waals surface area contributed by atoms with E-state index in [2.05, 4.69) is 10.4 Å². The number of benzene rings is 1. The number of aliphatic hydroxyl groups is 1. The second-order valence-corrected chi connectivity index (χ2v) is 5.50. The van der Waals surface area contributed by atoms with Gasteiger partial charge in [-0.3, -0.25) is 0 Å². The quantitative estimate of drug-likeness (QED) is 0.723. The predicted octanol–water partition coefficient (Wildman–Crippen LogP) is 2.59. The predicted molar refractivity (Wildman–Crippen MR) is 87.9 cm³/mol. The van der Waals surface area contributed by atoms with E-state index in [1.165, 1.54) is 0 Å². The Bertz CT molecular complexity index is 617. The van der Waals surface area contributed by atoms with Gasteiger partial charge in [0.25, 0.3) is 0 Å². The van der Waals surface area contributed by atoms with Gasteiger partial charge in [-0.1, -0.05) is 35.3 Å². The number of nitrogens with zero attached hydrogens (tertiary/aromatic N) is 2. The molecule has 5 nitrogen and oxygen atoms in total. The lowest BCUT2D eigenvalue weighted by Gasteiger charge is -2.07. The van der Waals surface area contributed by atoms with E-state index in [1.54, 1.807) is 10.7 Å². The molecule has 1 aromatic heterocycles. The van der Waals surface area contributed by atoms with Crippen LogP contribution in [0.2, 0.25) is 10.2 Å². The van der Waals surface area contributed by atoms with E-state index in [0.29, 0.717) is 36.5 Å². The van der Waals surface area contributed by atoms with Crippen LogP contribution >= 0.6 is 23.2 Å². The van der Waals surface area contributed by atoms with Crippen LogP contribution in [-0.2, 0) is 11.3 Å². The van der Waals surface area contributed by atoms with Crippen molar-refractivity contribution in [2.75, 3.05) is 26.4 Å². The molecule has 0 saturated carbocycles. The van der Waals surface area contributed by atoms with Crippen molar-refractivity contribution in [3.8, 4) is 5.69 Å². The zero-order valence-electron chi connectivity index (χ0n) is 12.4. The maximum atomic E-state index is 8.62. The number of aryl methyl sites for hydroxylation is 1. The highest BCUT2D eigenvalue weighted by Gasteiger charge is 2.15. The Morgan fingerprint density at radius 3 is 2.77 bits per heavy atom. The van der Waals surface area contributed by atoms with Gasteiger partial charge in [-0.05, 0) is 19.1 Å². The molecule has 2 aromatic rings. The SMILES string of the molecule is Cc1nn(-c2ccccc2Cl)c(Cl)c1CNCCOCCO.